The van der Waals surface area contributed by atoms with Gasteiger partial charge < -0.3 is 4.74 Å². The Kier molecular flexibility index (Phi) is 3.37. The van der Waals surface area contributed by atoms with Crippen LogP contribution in [-0.2, 0) is 16.0 Å². The van der Waals surface area contributed by atoms with Crippen LogP contribution in [0.1, 0.15) is 36.8 Å². The van der Waals surface area contributed by atoms with Crippen LogP contribution in [0.4, 0.5) is 0 Å². The summed E-state index contributed by atoms with van der Waals surface area (Å²) in [4.78, 5) is 12.4. The SMILES string of the molecule is O=C(OC1=CCc2c1ccc1c2ccc2ccccc21)C1CCCC1. The zero-order valence-corrected chi connectivity index (χ0v) is 14.1. The Morgan fingerprint density at radius 2 is 1.68 bits per heavy atom. The lowest BCUT2D eigenvalue weighted by atomic mass is 9.95. The van der Waals surface area contributed by atoms with Gasteiger partial charge in [0.15, 0.2) is 0 Å². The Labute approximate surface area is 147 Å². The van der Waals surface area contributed by atoms with E-state index in [0.29, 0.717) is 0 Å². The Bertz CT molecular complexity index is 1020. The van der Waals surface area contributed by atoms with Crippen molar-refractivity contribution in [3.8, 4) is 0 Å². The van der Waals surface area contributed by atoms with Gasteiger partial charge in [-0.05, 0) is 52.4 Å². The summed E-state index contributed by atoms with van der Waals surface area (Å²) in [6, 6.07) is 17.1. The molecule has 5 rings (SSSR count). The van der Waals surface area contributed by atoms with Gasteiger partial charge in [-0.15, -0.1) is 0 Å². The summed E-state index contributed by atoms with van der Waals surface area (Å²) >= 11 is 0. The fourth-order valence-electron chi connectivity index (χ4n) is 4.36. The van der Waals surface area contributed by atoms with Crippen LogP contribution < -0.4 is 0 Å². The minimum absolute atomic E-state index is 0.0461. The van der Waals surface area contributed by atoms with Crippen LogP contribution in [-0.4, -0.2) is 5.97 Å². The molecule has 0 spiro atoms. The van der Waals surface area contributed by atoms with Crippen LogP contribution in [0.15, 0.2) is 54.6 Å². The van der Waals surface area contributed by atoms with Crippen LogP contribution in [0.2, 0.25) is 0 Å². The molecule has 0 radical (unpaired) electrons. The maximum atomic E-state index is 12.4. The first kappa shape index (κ1) is 14.7. The second-order valence-corrected chi connectivity index (χ2v) is 7.15. The highest BCUT2D eigenvalue weighted by Gasteiger charge is 2.27. The zero-order valence-electron chi connectivity index (χ0n) is 14.1. The van der Waals surface area contributed by atoms with Gasteiger partial charge in [0.05, 0.1) is 5.92 Å². The number of esters is 1. The van der Waals surface area contributed by atoms with E-state index in [1.807, 2.05) is 0 Å². The molecule has 25 heavy (non-hydrogen) atoms. The molecule has 2 heteroatoms. The van der Waals surface area contributed by atoms with E-state index in [2.05, 4.69) is 54.6 Å². The summed E-state index contributed by atoms with van der Waals surface area (Å²) < 4.78 is 5.78. The molecule has 0 aliphatic heterocycles. The second kappa shape index (κ2) is 5.73. The molecule has 0 N–H and O–H groups in total. The van der Waals surface area contributed by atoms with Gasteiger partial charge in [0.1, 0.15) is 5.76 Å². The van der Waals surface area contributed by atoms with E-state index in [4.69, 9.17) is 4.74 Å². The molecule has 0 amide bonds. The molecule has 1 fully saturated rings. The van der Waals surface area contributed by atoms with Crippen molar-refractivity contribution < 1.29 is 9.53 Å². The number of fused-ring (bicyclic) bond motifs is 5. The molecule has 0 heterocycles. The molecule has 1 saturated carbocycles. The fourth-order valence-corrected chi connectivity index (χ4v) is 4.36. The average Bonchev–Trinajstić information content (AvgIpc) is 3.31. The van der Waals surface area contributed by atoms with Gasteiger partial charge in [0, 0.05) is 5.56 Å². The standard InChI is InChI=1S/C23H20O2/c24-23(16-6-1-2-7-16)25-22-14-13-20-19-10-9-15-5-3-4-8-17(15)18(19)11-12-21(20)22/h3-5,8-12,14,16H,1-2,6-7,13H2. The molecule has 0 unspecified atom stereocenters. The highest BCUT2D eigenvalue weighted by atomic mass is 16.5. The van der Waals surface area contributed by atoms with Crippen LogP contribution >= 0.6 is 0 Å². The number of carbonyl (C=O) groups excluding carboxylic acids is 1. The normalized spacial score (nSPS) is 17.0. The number of allylic oxidation sites excluding steroid dienone is 1. The predicted octanol–water partition coefficient (Wildman–Crippen LogP) is 5.62. The van der Waals surface area contributed by atoms with Crippen molar-refractivity contribution in [1.82, 2.24) is 0 Å². The Morgan fingerprint density at radius 1 is 0.880 bits per heavy atom. The van der Waals surface area contributed by atoms with Crippen molar-refractivity contribution in [3.05, 3.63) is 65.7 Å². The van der Waals surface area contributed by atoms with E-state index >= 15 is 0 Å². The van der Waals surface area contributed by atoms with E-state index in [1.165, 1.54) is 27.1 Å². The number of hydrogen-bond acceptors (Lipinski definition) is 2. The highest BCUT2D eigenvalue weighted by Crippen LogP contribution is 2.37. The monoisotopic (exact) mass is 328 g/mol. The number of hydrogen-bond donors (Lipinski definition) is 0. The molecule has 2 aliphatic rings. The summed E-state index contributed by atoms with van der Waals surface area (Å²) in [7, 11) is 0. The lowest BCUT2D eigenvalue weighted by Crippen LogP contribution is -2.13. The zero-order chi connectivity index (χ0) is 16.8. The fraction of sp³-hybridized carbons (Fsp3) is 0.261. The molecular weight excluding hydrogens is 308 g/mol. The quantitative estimate of drug-likeness (QED) is 0.450. The molecule has 0 bridgehead atoms. The van der Waals surface area contributed by atoms with Crippen LogP contribution in [0, 0.1) is 5.92 Å². The van der Waals surface area contributed by atoms with Gasteiger partial charge in [-0.2, -0.15) is 0 Å². The van der Waals surface area contributed by atoms with Gasteiger partial charge in [-0.25, -0.2) is 0 Å². The van der Waals surface area contributed by atoms with E-state index in [-0.39, 0.29) is 11.9 Å². The Morgan fingerprint density at radius 3 is 2.56 bits per heavy atom. The van der Waals surface area contributed by atoms with Crippen molar-refractivity contribution in [2.24, 2.45) is 5.92 Å². The lowest BCUT2D eigenvalue weighted by molar-refractivity contribution is -0.141. The summed E-state index contributed by atoms with van der Waals surface area (Å²) in [6.07, 6.45) is 7.13. The maximum absolute atomic E-state index is 12.4. The van der Waals surface area contributed by atoms with Gasteiger partial charge in [-0.3, -0.25) is 4.79 Å². The van der Waals surface area contributed by atoms with E-state index in [9.17, 15) is 4.79 Å². The first-order valence-corrected chi connectivity index (χ1v) is 9.17. The number of rotatable bonds is 2. The minimum atomic E-state index is -0.0461. The summed E-state index contributed by atoms with van der Waals surface area (Å²) in [5.41, 5.74) is 2.35. The minimum Gasteiger partial charge on any atom is -0.426 e. The molecule has 0 aromatic heterocycles. The third-order valence-corrected chi connectivity index (χ3v) is 5.69. The van der Waals surface area contributed by atoms with Crippen molar-refractivity contribution in [2.75, 3.05) is 0 Å². The van der Waals surface area contributed by atoms with Crippen LogP contribution in [0.25, 0.3) is 27.3 Å². The molecule has 3 aromatic rings. The molecule has 0 saturated heterocycles. The first-order chi connectivity index (χ1) is 12.3. The molecule has 0 atom stereocenters. The maximum Gasteiger partial charge on any atom is 0.314 e. The van der Waals surface area contributed by atoms with Crippen LogP contribution in [0.5, 0.6) is 0 Å². The average molecular weight is 328 g/mol. The van der Waals surface area contributed by atoms with Crippen LogP contribution in [0.3, 0.4) is 0 Å². The first-order valence-electron chi connectivity index (χ1n) is 9.17. The molecule has 3 aromatic carbocycles. The van der Waals surface area contributed by atoms with Crippen molar-refractivity contribution >= 4 is 33.3 Å². The topological polar surface area (TPSA) is 26.3 Å². The third kappa shape index (κ3) is 2.36. The highest BCUT2D eigenvalue weighted by molar-refractivity contribution is 6.09. The molecular formula is C23H20O2. The number of benzene rings is 3. The van der Waals surface area contributed by atoms with Gasteiger partial charge >= 0.3 is 5.97 Å². The van der Waals surface area contributed by atoms with Crippen molar-refractivity contribution in [1.29, 1.82) is 0 Å². The molecule has 124 valence electrons. The Balaban J connectivity index is 1.54. The largest absolute Gasteiger partial charge is 0.426 e. The van der Waals surface area contributed by atoms with Crippen molar-refractivity contribution in [2.45, 2.75) is 32.1 Å². The smallest absolute Gasteiger partial charge is 0.314 e. The third-order valence-electron chi connectivity index (χ3n) is 5.69. The lowest BCUT2D eigenvalue weighted by Gasteiger charge is -2.13. The van der Waals surface area contributed by atoms with Gasteiger partial charge in [0.2, 0.25) is 0 Å². The number of ether oxygens (including phenoxy) is 1. The summed E-state index contributed by atoms with van der Waals surface area (Å²) in [5, 5.41) is 5.07. The van der Waals surface area contributed by atoms with Gasteiger partial charge in [0.25, 0.3) is 0 Å². The van der Waals surface area contributed by atoms with Gasteiger partial charge in [-0.1, -0.05) is 61.4 Å². The van der Waals surface area contributed by atoms with E-state index in [0.717, 1.165) is 43.4 Å². The predicted molar refractivity (Wildman–Crippen MR) is 101 cm³/mol. The summed E-state index contributed by atoms with van der Waals surface area (Å²) in [5.74, 6) is 0.798. The van der Waals surface area contributed by atoms with Crippen molar-refractivity contribution in [3.63, 3.8) is 0 Å². The summed E-state index contributed by atoms with van der Waals surface area (Å²) in [6.45, 7) is 0. The second-order valence-electron chi connectivity index (χ2n) is 7.15. The van der Waals surface area contributed by atoms with E-state index in [1.54, 1.807) is 0 Å². The molecule has 2 aliphatic carbocycles. The Hall–Kier alpha value is -2.61. The van der Waals surface area contributed by atoms with E-state index < -0.39 is 0 Å². The number of carbonyl (C=O) groups is 1. The molecule has 2 nitrogen and oxygen atoms in total.